The lowest BCUT2D eigenvalue weighted by Gasteiger charge is -2.21. The van der Waals surface area contributed by atoms with Crippen molar-refractivity contribution in [3.63, 3.8) is 0 Å². The second-order valence-electron chi connectivity index (χ2n) is 6.45. The molecule has 0 radical (unpaired) electrons. The van der Waals surface area contributed by atoms with E-state index in [2.05, 4.69) is 5.32 Å². The molecule has 0 spiro atoms. The first-order valence-corrected chi connectivity index (χ1v) is 9.40. The quantitative estimate of drug-likeness (QED) is 0.768. The molecule has 1 aromatic carbocycles. The van der Waals surface area contributed by atoms with Crippen LogP contribution >= 0.6 is 23.4 Å². The third kappa shape index (κ3) is 5.41. The molecule has 1 aliphatic heterocycles. The second kappa shape index (κ2) is 8.15. The highest BCUT2D eigenvalue weighted by Crippen LogP contribution is 2.29. The fraction of sp³-hybridized carbons (Fsp3) is 0.444. The number of carbonyl (C=O) groups is 2. The van der Waals surface area contributed by atoms with Crippen molar-refractivity contribution in [2.45, 2.75) is 39.7 Å². The average molecular weight is 384 g/mol. The molecule has 0 aromatic heterocycles. The van der Waals surface area contributed by atoms with Crippen LogP contribution in [-0.2, 0) is 14.3 Å². The summed E-state index contributed by atoms with van der Waals surface area (Å²) in [5, 5.41) is 3.07. The molecule has 0 fully saturated rings. The molecule has 7 heteroatoms. The van der Waals surface area contributed by atoms with Crippen molar-refractivity contribution >= 4 is 40.9 Å². The summed E-state index contributed by atoms with van der Waals surface area (Å²) in [6.07, 6.45) is 0.652. The van der Waals surface area contributed by atoms with Gasteiger partial charge >= 0.3 is 5.97 Å². The minimum atomic E-state index is -0.628. The molecule has 1 aromatic rings. The molecule has 1 heterocycles. The smallest absolute Gasteiger partial charge is 0.340 e. The zero-order valence-electron chi connectivity index (χ0n) is 14.8. The summed E-state index contributed by atoms with van der Waals surface area (Å²) in [6.45, 7) is 7.89. The first-order chi connectivity index (χ1) is 11.7. The number of nitrogens with one attached hydrogen (secondary N) is 1. The third-order valence-corrected chi connectivity index (χ3v) is 4.63. The van der Waals surface area contributed by atoms with Crippen molar-refractivity contribution < 1.29 is 19.1 Å². The van der Waals surface area contributed by atoms with E-state index in [9.17, 15) is 9.59 Å². The number of benzene rings is 1. The van der Waals surface area contributed by atoms with E-state index < -0.39 is 11.6 Å². The number of halogens is 1. The molecule has 1 aliphatic rings. The molecule has 2 rings (SSSR count). The van der Waals surface area contributed by atoms with E-state index in [1.54, 1.807) is 32.9 Å². The van der Waals surface area contributed by atoms with Gasteiger partial charge in [0.15, 0.2) is 0 Å². The fourth-order valence-electron chi connectivity index (χ4n) is 2.19. The molecule has 0 aliphatic carbocycles. The first kappa shape index (κ1) is 19.7. The first-order valence-electron chi connectivity index (χ1n) is 8.04. The van der Waals surface area contributed by atoms with Crippen molar-refractivity contribution in [2.24, 2.45) is 0 Å². The van der Waals surface area contributed by atoms with Crippen LogP contribution in [-0.4, -0.2) is 29.8 Å². The Bertz CT molecular complexity index is 710. The Morgan fingerprint density at radius 2 is 2.08 bits per heavy atom. The standard InChI is InChI=1S/C18H22ClNO4S/c1-5-14-15(25-9-8-23-14)16(21)20-11-6-7-13(19)12(10-11)17(22)24-18(2,3)4/h6-7,10H,5,8-9H2,1-4H3,(H,20,21). The van der Waals surface area contributed by atoms with Crippen LogP contribution in [0.1, 0.15) is 44.5 Å². The normalized spacial score (nSPS) is 14.8. The lowest BCUT2D eigenvalue weighted by Crippen LogP contribution is -2.24. The molecule has 25 heavy (non-hydrogen) atoms. The predicted molar refractivity (Wildman–Crippen MR) is 101 cm³/mol. The summed E-state index contributed by atoms with van der Waals surface area (Å²) in [5.74, 6) is 0.641. The second-order valence-corrected chi connectivity index (χ2v) is 7.97. The van der Waals surface area contributed by atoms with Gasteiger partial charge in [0, 0.05) is 17.9 Å². The summed E-state index contributed by atoms with van der Waals surface area (Å²) < 4.78 is 10.9. The van der Waals surface area contributed by atoms with E-state index in [0.29, 0.717) is 29.4 Å². The van der Waals surface area contributed by atoms with Gasteiger partial charge in [0.1, 0.15) is 16.3 Å². The van der Waals surface area contributed by atoms with Gasteiger partial charge in [-0.25, -0.2) is 4.79 Å². The average Bonchev–Trinajstić information content (AvgIpc) is 2.54. The number of rotatable bonds is 4. The number of hydrogen-bond acceptors (Lipinski definition) is 5. The summed E-state index contributed by atoms with van der Waals surface area (Å²) >= 11 is 7.57. The molecular weight excluding hydrogens is 362 g/mol. The topological polar surface area (TPSA) is 64.6 Å². The van der Waals surface area contributed by atoms with Crippen LogP contribution in [0.25, 0.3) is 0 Å². The minimum Gasteiger partial charge on any atom is -0.496 e. The monoisotopic (exact) mass is 383 g/mol. The van der Waals surface area contributed by atoms with Gasteiger partial charge in [-0.1, -0.05) is 18.5 Å². The largest absolute Gasteiger partial charge is 0.496 e. The lowest BCUT2D eigenvalue weighted by molar-refractivity contribution is -0.112. The van der Waals surface area contributed by atoms with E-state index in [0.717, 1.165) is 5.75 Å². The van der Waals surface area contributed by atoms with Gasteiger partial charge < -0.3 is 14.8 Å². The highest BCUT2D eigenvalue weighted by Gasteiger charge is 2.23. The number of thioether (sulfide) groups is 1. The Morgan fingerprint density at radius 1 is 1.36 bits per heavy atom. The van der Waals surface area contributed by atoms with Gasteiger partial charge in [0.25, 0.3) is 5.91 Å². The van der Waals surface area contributed by atoms with Gasteiger partial charge in [-0.3, -0.25) is 4.79 Å². The summed E-state index contributed by atoms with van der Waals surface area (Å²) in [5.41, 5.74) is 0.0624. The highest BCUT2D eigenvalue weighted by atomic mass is 35.5. The van der Waals surface area contributed by atoms with E-state index in [-0.39, 0.29) is 16.5 Å². The van der Waals surface area contributed by atoms with E-state index in [1.807, 2.05) is 6.92 Å². The molecule has 0 saturated carbocycles. The Kier molecular flexibility index (Phi) is 6.41. The van der Waals surface area contributed by atoms with Crippen molar-refractivity contribution in [1.29, 1.82) is 0 Å². The van der Waals surface area contributed by atoms with E-state index >= 15 is 0 Å². The minimum absolute atomic E-state index is 0.214. The number of ether oxygens (including phenoxy) is 2. The lowest BCUT2D eigenvalue weighted by atomic mass is 10.1. The predicted octanol–water partition coefficient (Wildman–Crippen LogP) is 4.62. The van der Waals surface area contributed by atoms with Crippen molar-refractivity contribution in [2.75, 3.05) is 17.7 Å². The maximum Gasteiger partial charge on any atom is 0.340 e. The van der Waals surface area contributed by atoms with Gasteiger partial charge in [0.2, 0.25) is 0 Å². The molecule has 0 unspecified atom stereocenters. The van der Waals surface area contributed by atoms with Crippen LogP contribution in [0.3, 0.4) is 0 Å². The zero-order valence-corrected chi connectivity index (χ0v) is 16.3. The summed E-state index contributed by atoms with van der Waals surface area (Å²) in [6, 6.07) is 4.74. The number of hydrogen-bond donors (Lipinski definition) is 1. The molecule has 5 nitrogen and oxygen atoms in total. The SMILES string of the molecule is CCC1=C(C(=O)Nc2ccc(Cl)c(C(=O)OC(C)(C)C)c2)SCCO1. The molecule has 1 amide bonds. The molecule has 1 N–H and O–H groups in total. The zero-order chi connectivity index (χ0) is 18.6. The Morgan fingerprint density at radius 3 is 2.72 bits per heavy atom. The van der Waals surface area contributed by atoms with Crippen molar-refractivity contribution in [1.82, 2.24) is 0 Å². The van der Waals surface area contributed by atoms with Crippen LogP contribution in [0.15, 0.2) is 28.9 Å². The molecule has 0 bridgehead atoms. The molecule has 0 atom stereocenters. The van der Waals surface area contributed by atoms with Gasteiger partial charge in [-0.05, 0) is 39.0 Å². The summed E-state index contributed by atoms with van der Waals surface area (Å²) in [7, 11) is 0. The summed E-state index contributed by atoms with van der Waals surface area (Å²) in [4.78, 5) is 25.4. The molecular formula is C18H22ClNO4S. The van der Waals surface area contributed by atoms with Crippen LogP contribution in [0.2, 0.25) is 5.02 Å². The Hall–Kier alpha value is -1.66. The van der Waals surface area contributed by atoms with Crippen LogP contribution in [0, 0.1) is 0 Å². The van der Waals surface area contributed by atoms with E-state index in [1.165, 1.54) is 17.8 Å². The van der Waals surface area contributed by atoms with E-state index in [4.69, 9.17) is 21.1 Å². The van der Waals surface area contributed by atoms with Gasteiger partial charge in [-0.2, -0.15) is 0 Å². The van der Waals surface area contributed by atoms with Gasteiger partial charge in [0.05, 0.1) is 17.2 Å². The third-order valence-electron chi connectivity index (χ3n) is 3.23. The van der Waals surface area contributed by atoms with Crippen LogP contribution in [0.5, 0.6) is 0 Å². The molecule has 136 valence electrons. The Labute approximate surface area is 157 Å². The van der Waals surface area contributed by atoms with Crippen LogP contribution < -0.4 is 5.32 Å². The number of amides is 1. The molecule has 0 saturated heterocycles. The fourth-order valence-corrected chi connectivity index (χ4v) is 3.30. The van der Waals surface area contributed by atoms with Crippen molar-refractivity contribution in [3.05, 3.63) is 39.4 Å². The van der Waals surface area contributed by atoms with Crippen LogP contribution in [0.4, 0.5) is 5.69 Å². The maximum absolute atomic E-state index is 12.5. The number of esters is 1. The van der Waals surface area contributed by atoms with Gasteiger partial charge in [-0.15, -0.1) is 11.8 Å². The maximum atomic E-state index is 12.5. The van der Waals surface area contributed by atoms with Crippen molar-refractivity contribution in [3.8, 4) is 0 Å². The number of allylic oxidation sites excluding steroid dienone is 1. The Balaban J connectivity index is 2.21. The highest BCUT2D eigenvalue weighted by molar-refractivity contribution is 8.04. The number of carbonyl (C=O) groups excluding carboxylic acids is 2. The number of anilines is 1.